The summed E-state index contributed by atoms with van der Waals surface area (Å²) >= 11 is 0. The van der Waals surface area contributed by atoms with E-state index in [1.165, 1.54) is 11.8 Å². The Morgan fingerprint density at radius 2 is 1.78 bits per heavy atom. The summed E-state index contributed by atoms with van der Waals surface area (Å²) in [5.74, 6) is 0. The Hall–Kier alpha value is -2.79. The number of rotatable bonds is 5. The van der Waals surface area contributed by atoms with E-state index in [4.69, 9.17) is 4.74 Å². The Morgan fingerprint density at radius 3 is 2.39 bits per heavy atom. The zero-order valence-electron chi connectivity index (χ0n) is 19.4. The molecule has 2 aromatic rings. The molecular formula is C25H26F6N2O3. The van der Waals surface area contributed by atoms with Gasteiger partial charge in [0.1, 0.15) is 0 Å². The first kappa shape index (κ1) is 26.3. The van der Waals surface area contributed by atoms with Gasteiger partial charge in [-0.15, -0.1) is 0 Å². The van der Waals surface area contributed by atoms with Crippen molar-refractivity contribution >= 4 is 6.09 Å². The summed E-state index contributed by atoms with van der Waals surface area (Å²) in [6.07, 6.45) is -10.9. The normalized spacial score (nSPS) is 23.4. The molecule has 1 fully saturated rings. The van der Waals surface area contributed by atoms with Crippen molar-refractivity contribution in [2.24, 2.45) is 0 Å². The Kier molecular flexibility index (Phi) is 7.00. The zero-order valence-corrected chi connectivity index (χ0v) is 19.4. The molecule has 0 radical (unpaired) electrons. The fraction of sp³-hybridized carbons (Fsp3) is 0.480. The van der Waals surface area contributed by atoms with E-state index in [9.17, 15) is 36.2 Å². The van der Waals surface area contributed by atoms with Crippen LogP contribution >= 0.6 is 0 Å². The Morgan fingerprint density at radius 1 is 1.14 bits per heavy atom. The third-order valence-corrected chi connectivity index (χ3v) is 7.19. The molecule has 1 aliphatic carbocycles. The number of hydrogen-bond acceptors (Lipinski definition) is 3. The van der Waals surface area contributed by atoms with Gasteiger partial charge in [-0.25, -0.2) is 4.79 Å². The lowest BCUT2D eigenvalue weighted by atomic mass is 9.74. The average Bonchev–Trinajstić information content (AvgIpc) is 3.21. The SMILES string of the molecule is CC(OCC1(C2CNCCN2C(=O)O)CCc2ccccc21)c1cc(C(F)(F)F)cc(C(F)(F)F)c1. The lowest BCUT2D eigenvalue weighted by Gasteiger charge is -2.46. The number of alkyl halides is 6. The number of ether oxygens (including phenoxy) is 1. The number of carbonyl (C=O) groups is 1. The number of carboxylic acid groups (broad SMARTS) is 1. The van der Waals surface area contributed by atoms with E-state index in [0.29, 0.717) is 38.1 Å². The molecule has 2 N–H and O–H groups in total. The predicted molar refractivity (Wildman–Crippen MR) is 119 cm³/mol. The summed E-state index contributed by atoms with van der Waals surface area (Å²) in [7, 11) is 0. The summed E-state index contributed by atoms with van der Waals surface area (Å²) in [5.41, 5.74) is -1.98. The second kappa shape index (κ2) is 9.59. The van der Waals surface area contributed by atoms with Crippen LogP contribution in [0.15, 0.2) is 42.5 Å². The lowest BCUT2D eigenvalue weighted by Crippen LogP contribution is -2.62. The van der Waals surface area contributed by atoms with E-state index < -0.39 is 47.1 Å². The zero-order chi connectivity index (χ0) is 26.3. The standard InChI is InChI=1S/C25H26F6N2O3/c1-15(17-10-18(24(26,27)28)12-19(11-17)25(29,30)31)36-14-23(7-6-16-4-2-3-5-20(16)23)21-13-32-8-9-33(21)22(34)35/h2-5,10-12,15,21,32H,6-9,13-14H2,1H3,(H,34,35). The van der Waals surface area contributed by atoms with E-state index in [2.05, 4.69) is 5.32 Å². The number of nitrogens with one attached hydrogen (secondary N) is 1. The Labute approximate surface area is 204 Å². The molecule has 5 nitrogen and oxygen atoms in total. The van der Waals surface area contributed by atoms with Crippen LogP contribution in [0.2, 0.25) is 0 Å². The summed E-state index contributed by atoms with van der Waals surface area (Å²) in [6, 6.07) is 8.42. The topological polar surface area (TPSA) is 61.8 Å². The number of benzene rings is 2. The fourth-order valence-electron chi connectivity index (χ4n) is 5.32. The molecule has 36 heavy (non-hydrogen) atoms. The molecule has 2 aromatic carbocycles. The second-order valence-electron chi connectivity index (χ2n) is 9.30. The van der Waals surface area contributed by atoms with Crippen LogP contribution in [-0.2, 0) is 28.9 Å². The molecule has 196 valence electrons. The minimum absolute atomic E-state index is 0.0705. The summed E-state index contributed by atoms with van der Waals surface area (Å²) in [4.78, 5) is 13.4. The minimum Gasteiger partial charge on any atom is -0.465 e. The number of aryl methyl sites for hydroxylation is 1. The number of piperazine rings is 1. The molecular weight excluding hydrogens is 490 g/mol. The summed E-state index contributed by atoms with van der Waals surface area (Å²) < 4.78 is 86.1. The van der Waals surface area contributed by atoms with Crippen LogP contribution in [0.3, 0.4) is 0 Å². The van der Waals surface area contributed by atoms with Crippen molar-refractivity contribution in [3.8, 4) is 0 Å². The maximum Gasteiger partial charge on any atom is 0.416 e. The molecule has 11 heteroatoms. The highest BCUT2D eigenvalue weighted by Gasteiger charge is 2.50. The molecule has 3 unspecified atom stereocenters. The molecule has 3 atom stereocenters. The molecule has 1 amide bonds. The molecule has 4 rings (SSSR count). The van der Waals surface area contributed by atoms with Crippen LogP contribution in [0, 0.1) is 0 Å². The highest BCUT2D eigenvalue weighted by Crippen LogP contribution is 2.45. The van der Waals surface area contributed by atoms with E-state index >= 15 is 0 Å². The molecule has 1 saturated heterocycles. The van der Waals surface area contributed by atoms with Gasteiger partial charge in [-0.05, 0) is 54.7 Å². The average molecular weight is 516 g/mol. The van der Waals surface area contributed by atoms with Crippen molar-refractivity contribution in [3.63, 3.8) is 0 Å². The Bertz CT molecular complexity index is 1090. The van der Waals surface area contributed by atoms with Crippen molar-refractivity contribution in [1.29, 1.82) is 0 Å². The van der Waals surface area contributed by atoms with Crippen LogP contribution in [-0.4, -0.2) is 48.4 Å². The number of hydrogen-bond donors (Lipinski definition) is 2. The molecule has 1 aliphatic heterocycles. The van der Waals surface area contributed by atoms with Gasteiger partial charge in [0.05, 0.1) is 29.9 Å². The van der Waals surface area contributed by atoms with E-state index in [0.717, 1.165) is 11.1 Å². The van der Waals surface area contributed by atoms with Crippen LogP contribution in [0.5, 0.6) is 0 Å². The quantitative estimate of drug-likeness (QED) is 0.506. The number of nitrogens with zero attached hydrogens (tertiary/aromatic N) is 1. The van der Waals surface area contributed by atoms with Gasteiger partial charge in [0, 0.05) is 25.0 Å². The van der Waals surface area contributed by atoms with Gasteiger partial charge >= 0.3 is 18.4 Å². The first-order valence-corrected chi connectivity index (χ1v) is 11.5. The summed E-state index contributed by atoms with van der Waals surface area (Å²) in [6.45, 7) is 2.40. The number of fused-ring (bicyclic) bond motifs is 1. The largest absolute Gasteiger partial charge is 0.465 e. The predicted octanol–water partition coefficient (Wildman–Crippen LogP) is 5.64. The maximum absolute atomic E-state index is 13.3. The first-order chi connectivity index (χ1) is 16.8. The van der Waals surface area contributed by atoms with Gasteiger partial charge in [0.25, 0.3) is 0 Å². The lowest BCUT2D eigenvalue weighted by molar-refractivity contribution is -0.143. The highest BCUT2D eigenvalue weighted by molar-refractivity contribution is 5.66. The highest BCUT2D eigenvalue weighted by atomic mass is 19.4. The number of halogens is 6. The van der Waals surface area contributed by atoms with Gasteiger partial charge in [-0.1, -0.05) is 24.3 Å². The summed E-state index contributed by atoms with van der Waals surface area (Å²) in [5, 5.41) is 13.1. The van der Waals surface area contributed by atoms with Crippen LogP contribution in [0.1, 0.15) is 47.3 Å². The second-order valence-corrected chi connectivity index (χ2v) is 9.30. The monoisotopic (exact) mass is 516 g/mol. The van der Waals surface area contributed by atoms with Crippen molar-refractivity contribution in [3.05, 3.63) is 70.3 Å². The van der Waals surface area contributed by atoms with E-state index in [1.54, 1.807) is 0 Å². The van der Waals surface area contributed by atoms with Crippen LogP contribution < -0.4 is 5.32 Å². The molecule has 1 heterocycles. The van der Waals surface area contributed by atoms with Crippen LogP contribution in [0.25, 0.3) is 0 Å². The van der Waals surface area contributed by atoms with Crippen molar-refractivity contribution < 1.29 is 41.0 Å². The minimum atomic E-state index is -4.96. The van der Waals surface area contributed by atoms with Gasteiger partial charge in [-0.2, -0.15) is 26.3 Å². The maximum atomic E-state index is 13.3. The van der Waals surface area contributed by atoms with Crippen molar-refractivity contribution in [2.75, 3.05) is 26.2 Å². The van der Waals surface area contributed by atoms with Crippen LogP contribution in [0.4, 0.5) is 31.1 Å². The van der Waals surface area contributed by atoms with Gasteiger partial charge in [0.2, 0.25) is 0 Å². The molecule has 0 spiro atoms. The fourth-order valence-corrected chi connectivity index (χ4v) is 5.32. The van der Waals surface area contributed by atoms with Gasteiger partial charge in [0.15, 0.2) is 0 Å². The molecule has 0 saturated carbocycles. The number of amides is 1. The Balaban J connectivity index is 1.69. The smallest absolute Gasteiger partial charge is 0.416 e. The van der Waals surface area contributed by atoms with E-state index in [-0.39, 0.29) is 24.8 Å². The van der Waals surface area contributed by atoms with Gasteiger partial charge < -0.3 is 20.1 Å². The molecule has 2 aliphatic rings. The molecule has 0 aromatic heterocycles. The third-order valence-electron chi connectivity index (χ3n) is 7.19. The van der Waals surface area contributed by atoms with Crippen molar-refractivity contribution in [1.82, 2.24) is 10.2 Å². The third kappa shape index (κ3) is 5.04. The molecule has 0 bridgehead atoms. The van der Waals surface area contributed by atoms with Gasteiger partial charge in [-0.3, -0.25) is 0 Å². The first-order valence-electron chi connectivity index (χ1n) is 11.5. The van der Waals surface area contributed by atoms with Crippen molar-refractivity contribution in [2.45, 2.75) is 49.7 Å². The van der Waals surface area contributed by atoms with E-state index in [1.807, 2.05) is 24.3 Å².